The summed E-state index contributed by atoms with van der Waals surface area (Å²) in [7, 11) is 1.56. The third kappa shape index (κ3) is 3.24. The van der Waals surface area contributed by atoms with Crippen LogP contribution in [-0.2, 0) is 4.74 Å². The van der Waals surface area contributed by atoms with Crippen molar-refractivity contribution in [2.75, 3.05) is 20.3 Å². The fraction of sp³-hybridized carbons (Fsp3) is 0.364. The largest absolute Gasteiger partial charge is 0.497 e. The second-order valence-corrected chi connectivity index (χ2v) is 2.88. The van der Waals surface area contributed by atoms with Gasteiger partial charge in [-0.05, 0) is 17.7 Å². The number of hydrogen-bond donors (Lipinski definition) is 1. The van der Waals surface area contributed by atoms with E-state index in [1.807, 2.05) is 6.07 Å². The molecule has 0 bridgehead atoms. The number of rotatable bonds is 5. The first-order valence-electron chi connectivity index (χ1n) is 4.58. The van der Waals surface area contributed by atoms with Crippen LogP contribution in [0.15, 0.2) is 24.3 Å². The monoisotopic (exact) mass is 207 g/mol. The van der Waals surface area contributed by atoms with Crippen LogP contribution in [-0.4, -0.2) is 25.4 Å². The Hall–Kier alpha value is -1.57. The summed E-state index contributed by atoms with van der Waals surface area (Å²) in [5, 5.41) is 17.5. The zero-order valence-corrected chi connectivity index (χ0v) is 8.51. The highest BCUT2D eigenvalue weighted by atomic mass is 16.5. The van der Waals surface area contributed by atoms with Gasteiger partial charge in [-0.25, -0.2) is 0 Å². The van der Waals surface area contributed by atoms with Gasteiger partial charge in [-0.15, -0.1) is 0 Å². The maximum absolute atomic E-state index is 8.87. The van der Waals surface area contributed by atoms with Crippen LogP contribution in [0.25, 0.3) is 0 Å². The maximum atomic E-state index is 8.87. The molecular formula is C11H13NO3. The van der Waals surface area contributed by atoms with Crippen molar-refractivity contribution >= 4 is 0 Å². The summed E-state index contributed by atoms with van der Waals surface area (Å²) in [5.41, 5.74) is 0.727. The van der Waals surface area contributed by atoms with Crippen LogP contribution >= 0.6 is 0 Å². The summed E-state index contributed by atoms with van der Waals surface area (Å²) in [6.45, 7) is 0.0532. The topological polar surface area (TPSA) is 62.5 Å². The molecule has 0 radical (unpaired) electrons. The number of methoxy groups -OCH3 is 1. The number of nitriles is 1. The first-order valence-corrected chi connectivity index (χ1v) is 4.58. The summed E-state index contributed by atoms with van der Waals surface area (Å²) in [5.74, 6) is 0.681. The molecule has 15 heavy (non-hydrogen) atoms. The molecule has 80 valence electrons. The van der Waals surface area contributed by atoms with Gasteiger partial charge in [0.2, 0.25) is 0 Å². The third-order valence-electron chi connectivity index (χ3n) is 1.89. The van der Waals surface area contributed by atoms with Crippen molar-refractivity contribution < 1.29 is 14.6 Å². The van der Waals surface area contributed by atoms with Gasteiger partial charge in [0.1, 0.15) is 5.75 Å². The van der Waals surface area contributed by atoms with Crippen LogP contribution in [0.3, 0.4) is 0 Å². The molecule has 1 N–H and O–H groups in total. The first kappa shape index (κ1) is 11.5. The van der Waals surface area contributed by atoms with Crippen LogP contribution in [0, 0.1) is 11.3 Å². The molecule has 4 heteroatoms. The highest BCUT2D eigenvalue weighted by molar-refractivity contribution is 5.32. The van der Waals surface area contributed by atoms with Gasteiger partial charge in [0.25, 0.3) is 0 Å². The average Bonchev–Trinajstić information content (AvgIpc) is 2.30. The van der Waals surface area contributed by atoms with Crippen molar-refractivity contribution in [3.63, 3.8) is 0 Å². The molecule has 1 aromatic carbocycles. The molecule has 0 aliphatic rings. The molecule has 0 spiro atoms. The molecule has 1 unspecified atom stereocenters. The third-order valence-corrected chi connectivity index (χ3v) is 1.89. The Morgan fingerprint density at radius 2 is 2.33 bits per heavy atom. The maximum Gasteiger partial charge on any atom is 0.169 e. The Labute approximate surface area is 88.7 Å². The van der Waals surface area contributed by atoms with Crippen LogP contribution in [0.2, 0.25) is 0 Å². The number of ether oxygens (including phenoxy) is 2. The number of benzene rings is 1. The van der Waals surface area contributed by atoms with E-state index >= 15 is 0 Å². The normalized spacial score (nSPS) is 11.8. The van der Waals surface area contributed by atoms with E-state index in [1.54, 1.807) is 31.4 Å². The zero-order chi connectivity index (χ0) is 11.1. The Morgan fingerprint density at radius 1 is 1.53 bits per heavy atom. The summed E-state index contributed by atoms with van der Waals surface area (Å²) in [4.78, 5) is 0. The number of aliphatic hydroxyl groups excluding tert-OH is 1. The molecule has 1 rings (SSSR count). The predicted molar refractivity (Wildman–Crippen MR) is 54.4 cm³/mol. The molecule has 0 heterocycles. The van der Waals surface area contributed by atoms with Gasteiger partial charge in [-0.3, -0.25) is 0 Å². The standard InChI is InChI=1S/C11H13NO3/c1-14-10-4-2-3-9(7-10)11(8-12)15-6-5-13/h2-4,7,11,13H,5-6H2,1H3. The fourth-order valence-corrected chi connectivity index (χ4v) is 1.18. The van der Waals surface area contributed by atoms with Gasteiger partial charge in [0.05, 0.1) is 26.4 Å². The van der Waals surface area contributed by atoms with Crippen molar-refractivity contribution in [2.24, 2.45) is 0 Å². The molecule has 0 aromatic heterocycles. The summed E-state index contributed by atoms with van der Waals surface area (Å²) in [6, 6.07) is 9.13. The Bertz CT molecular complexity index is 346. The molecule has 0 aliphatic carbocycles. The lowest BCUT2D eigenvalue weighted by Gasteiger charge is -2.10. The van der Waals surface area contributed by atoms with E-state index in [9.17, 15) is 0 Å². The van der Waals surface area contributed by atoms with E-state index in [-0.39, 0.29) is 13.2 Å². The van der Waals surface area contributed by atoms with E-state index in [0.29, 0.717) is 5.75 Å². The van der Waals surface area contributed by atoms with E-state index < -0.39 is 6.10 Å². The van der Waals surface area contributed by atoms with Crippen molar-refractivity contribution in [3.05, 3.63) is 29.8 Å². The van der Waals surface area contributed by atoms with Crippen molar-refractivity contribution in [1.29, 1.82) is 5.26 Å². The van der Waals surface area contributed by atoms with Gasteiger partial charge < -0.3 is 14.6 Å². The lowest BCUT2D eigenvalue weighted by atomic mass is 10.1. The Balaban J connectivity index is 2.78. The van der Waals surface area contributed by atoms with Crippen molar-refractivity contribution in [2.45, 2.75) is 6.10 Å². The molecule has 0 fully saturated rings. The fourth-order valence-electron chi connectivity index (χ4n) is 1.18. The smallest absolute Gasteiger partial charge is 0.169 e. The molecule has 1 atom stereocenters. The molecule has 0 aliphatic heterocycles. The molecule has 1 aromatic rings. The average molecular weight is 207 g/mol. The van der Waals surface area contributed by atoms with Gasteiger partial charge in [-0.1, -0.05) is 12.1 Å². The summed E-state index contributed by atoms with van der Waals surface area (Å²) >= 11 is 0. The lowest BCUT2D eigenvalue weighted by molar-refractivity contribution is 0.0580. The number of nitrogens with zero attached hydrogens (tertiary/aromatic N) is 1. The minimum Gasteiger partial charge on any atom is -0.497 e. The van der Waals surface area contributed by atoms with E-state index in [4.69, 9.17) is 19.8 Å². The number of hydrogen-bond acceptors (Lipinski definition) is 4. The van der Waals surface area contributed by atoms with E-state index in [1.165, 1.54) is 0 Å². The van der Waals surface area contributed by atoms with Gasteiger partial charge in [0.15, 0.2) is 6.10 Å². The minimum absolute atomic E-state index is 0.0951. The van der Waals surface area contributed by atoms with E-state index in [0.717, 1.165) is 5.56 Å². The molecule has 0 amide bonds. The second-order valence-electron chi connectivity index (χ2n) is 2.88. The minimum atomic E-state index is -0.660. The summed E-state index contributed by atoms with van der Waals surface area (Å²) in [6.07, 6.45) is -0.660. The molecular weight excluding hydrogens is 194 g/mol. The van der Waals surface area contributed by atoms with Crippen LogP contribution in [0.1, 0.15) is 11.7 Å². The molecule has 0 saturated carbocycles. The first-order chi connectivity index (χ1) is 7.31. The van der Waals surface area contributed by atoms with Gasteiger partial charge >= 0.3 is 0 Å². The SMILES string of the molecule is COc1cccc(C(C#N)OCCO)c1. The van der Waals surface area contributed by atoms with Gasteiger partial charge in [-0.2, -0.15) is 5.26 Å². The quantitative estimate of drug-likeness (QED) is 0.789. The zero-order valence-electron chi connectivity index (χ0n) is 8.51. The van der Waals surface area contributed by atoms with Crippen molar-refractivity contribution in [1.82, 2.24) is 0 Å². The highest BCUT2D eigenvalue weighted by Gasteiger charge is 2.10. The van der Waals surface area contributed by atoms with Gasteiger partial charge in [0, 0.05) is 0 Å². The molecule has 0 saturated heterocycles. The Kier molecular flexibility index (Phi) is 4.61. The Morgan fingerprint density at radius 3 is 2.93 bits per heavy atom. The van der Waals surface area contributed by atoms with Crippen LogP contribution in [0.5, 0.6) is 5.75 Å². The lowest BCUT2D eigenvalue weighted by Crippen LogP contribution is -2.06. The predicted octanol–water partition coefficient (Wildman–Crippen LogP) is 1.27. The highest BCUT2D eigenvalue weighted by Crippen LogP contribution is 2.21. The summed E-state index contributed by atoms with van der Waals surface area (Å²) < 4.78 is 10.2. The molecule has 4 nitrogen and oxygen atoms in total. The van der Waals surface area contributed by atoms with Crippen molar-refractivity contribution in [3.8, 4) is 11.8 Å². The second kappa shape index (κ2) is 6.02. The van der Waals surface area contributed by atoms with Crippen LogP contribution in [0.4, 0.5) is 0 Å². The number of aliphatic hydroxyl groups is 1. The van der Waals surface area contributed by atoms with E-state index in [2.05, 4.69) is 0 Å². The van der Waals surface area contributed by atoms with Crippen LogP contribution < -0.4 is 4.74 Å².